The first kappa shape index (κ1) is 21.6. The summed E-state index contributed by atoms with van der Waals surface area (Å²) < 4.78 is 5.25. The van der Waals surface area contributed by atoms with E-state index in [0.717, 1.165) is 0 Å². The highest BCUT2D eigenvalue weighted by molar-refractivity contribution is 6.05. The van der Waals surface area contributed by atoms with Crippen LogP contribution < -0.4 is 5.32 Å². The van der Waals surface area contributed by atoms with Crippen molar-refractivity contribution >= 4 is 29.1 Å². The van der Waals surface area contributed by atoms with Gasteiger partial charge >= 0.3 is 5.97 Å². The zero-order valence-electron chi connectivity index (χ0n) is 16.6. The van der Waals surface area contributed by atoms with Crippen molar-refractivity contribution in [1.29, 1.82) is 5.26 Å². The molecule has 0 aliphatic rings. The van der Waals surface area contributed by atoms with Gasteiger partial charge in [-0.3, -0.25) is 14.4 Å². The number of amides is 1. The summed E-state index contributed by atoms with van der Waals surface area (Å²) in [6, 6.07) is 7.62. The second kappa shape index (κ2) is 8.97. The van der Waals surface area contributed by atoms with Crippen LogP contribution in [0.5, 0.6) is 0 Å². The Bertz CT molecular complexity index is 1010. The molecule has 0 fully saturated rings. The maximum absolute atomic E-state index is 12.7. The zero-order valence-corrected chi connectivity index (χ0v) is 16.6. The summed E-state index contributed by atoms with van der Waals surface area (Å²) in [5.74, 6) is -1.74. The SMILES string of the molecule is CC(=O)c1c(C)[nH]c(C(=O)C(C)OC(=O)c2ccc(NC(=O)CC#N)cc2)c1C. The first-order chi connectivity index (χ1) is 13.6. The third-order valence-corrected chi connectivity index (χ3v) is 4.33. The first-order valence-corrected chi connectivity index (χ1v) is 8.87. The Balaban J connectivity index is 2.08. The Morgan fingerprint density at radius 1 is 1.17 bits per heavy atom. The largest absolute Gasteiger partial charge is 0.451 e. The van der Waals surface area contributed by atoms with Gasteiger partial charge in [-0.05, 0) is 57.5 Å². The molecule has 1 amide bonds. The van der Waals surface area contributed by atoms with Crippen molar-refractivity contribution in [2.45, 2.75) is 40.2 Å². The topological polar surface area (TPSA) is 129 Å². The lowest BCUT2D eigenvalue weighted by atomic mass is 10.0. The minimum Gasteiger partial charge on any atom is -0.451 e. The zero-order chi connectivity index (χ0) is 21.7. The van der Waals surface area contributed by atoms with Crippen molar-refractivity contribution in [3.8, 4) is 6.07 Å². The quantitative estimate of drug-likeness (QED) is 0.547. The highest BCUT2D eigenvalue weighted by atomic mass is 16.5. The van der Waals surface area contributed by atoms with Crippen LogP contribution in [0.1, 0.15) is 62.7 Å². The molecule has 0 saturated carbocycles. The number of aryl methyl sites for hydroxylation is 1. The van der Waals surface area contributed by atoms with E-state index < -0.39 is 23.8 Å². The molecule has 2 N–H and O–H groups in total. The van der Waals surface area contributed by atoms with E-state index in [-0.39, 0.29) is 23.5 Å². The molecule has 1 atom stereocenters. The van der Waals surface area contributed by atoms with E-state index >= 15 is 0 Å². The highest BCUT2D eigenvalue weighted by Crippen LogP contribution is 2.21. The Morgan fingerprint density at radius 3 is 2.31 bits per heavy atom. The van der Waals surface area contributed by atoms with Gasteiger partial charge in [0, 0.05) is 16.9 Å². The molecule has 1 aromatic carbocycles. The average molecular weight is 395 g/mol. The van der Waals surface area contributed by atoms with Crippen molar-refractivity contribution in [3.63, 3.8) is 0 Å². The molecule has 0 bridgehead atoms. The lowest BCUT2D eigenvalue weighted by molar-refractivity contribution is -0.115. The van der Waals surface area contributed by atoms with E-state index in [1.165, 1.54) is 38.1 Å². The highest BCUT2D eigenvalue weighted by Gasteiger charge is 2.26. The number of esters is 1. The molecule has 1 unspecified atom stereocenters. The minimum atomic E-state index is -1.06. The predicted molar refractivity (Wildman–Crippen MR) is 105 cm³/mol. The number of ether oxygens (including phenoxy) is 1. The number of ketones is 2. The molecule has 150 valence electrons. The van der Waals surface area contributed by atoms with Gasteiger partial charge < -0.3 is 15.0 Å². The van der Waals surface area contributed by atoms with E-state index in [9.17, 15) is 19.2 Å². The molecule has 0 aliphatic carbocycles. The Hall–Kier alpha value is -3.73. The summed E-state index contributed by atoms with van der Waals surface area (Å²) in [6.07, 6.45) is -1.33. The van der Waals surface area contributed by atoms with Gasteiger partial charge in [0.25, 0.3) is 0 Å². The number of nitrogens with zero attached hydrogens (tertiary/aromatic N) is 1. The number of rotatable bonds is 7. The van der Waals surface area contributed by atoms with Crippen molar-refractivity contribution < 1.29 is 23.9 Å². The van der Waals surface area contributed by atoms with Crippen molar-refractivity contribution in [3.05, 3.63) is 52.3 Å². The van der Waals surface area contributed by atoms with Gasteiger partial charge in [0.2, 0.25) is 11.7 Å². The lowest BCUT2D eigenvalue weighted by Gasteiger charge is -2.12. The van der Waals surface area contributed by atoms with E-state index in [4.69, 9.17) is 10.00 Å². The fraction of sp³-hybridized carbons (Fsp3) is 0.286. The van der Waals surface area contributed by atoms with Crippen LogP contribution in [0.2, 0.25) is 0 Å². The number of benzene rings is 1. The van der Waals surface area contributed by atoms with Crippen LogP contribution >= 0.6 is 0 Å². The molecule has 0 aliphatic heterocycles. The minimum absolute atomic E-state index is 0.151. The number of hydrogen-bond donors (Lipinski definition) is 2. The van der Waals surface area contributed by atoms with Gasteiger partial charge in [-0.15, -0.1) is 0 Å². The summed E-state index contributed by atoms with van der Waals surface area (Å²) >= 11 is 0. The van der Waals surface area contributed by atoms with Crippen LogP contribution in [0.3, 0.4) is 0 Å². The lowest BCUT2D eigenvalue weighted by Crippen LogP contribution is -2.25. The molecule has 0 saturated heterocycles. The fourth-order valence-corrected chi connectivity index (χ4v) is 2.98. The van der Waals surface area contributed by atoms with Crippen LogP contribution in [0.4, 0.5) is 5.69 Å². The number of nitrogens with one attached hydrogen (secondary N) is 2. The Kier molecular flexibility index (Phi) is 6.67. The number of H-pyrrole nitrogens is 1. The summed E-state index contributed by atoms with van der Waals surface area (Å²) in [5.41, 5.74) is 2.45. The molecule has 0 spiro atoms. The van der Waals surface area contributed by atoms with Gasteiger partial charge in [-0.2, -0.15) is 5.26 Å². The first-order valence-electron chi connectivity index (χ1n) is 8.87. The number of Topliss-reactive ketones (excluding diaryl/α,β-unsaturated/α-hetero) is 2. The van der Waals surface area contributed by atoms with E-state index in [1.807, 2.05) is 0 Å². The number of aromatic amines is 1. The Labute approximate surface area is 167 Å². The molecule has 29 heavy (non-hydrogen) atoms. The number of hydrogen-bond acceptors (Lipinski definition) is 6. The summed E-state index contributed by atoms with van der Waals surface area (Å²) in [7, 11) is 0. The van der Waals surface area contributed by atoms with Gasteiger partial charge in [-0.25, -0.2) is 4.79 Å². The summed E-state index contributed by atoms with van der Waals surface area (Å²) in [4.78, 5) is 51.0. The molecule has 2 rings (SSSR count). The molecule has 2 aromatic rings. The molecular weight excluding hydrogens is 374 g/mol. The molecule has 1 aromatic heterocycles. The number of anilines is 1. The van der Waals surface area contributed by atoms with Crippen LogP contribution in [0.25, 0.3) is 0 Å². The average Bonchev–Trinajstić information content (AvgIpc) is 2.96. The van der Waals surface area contributed by atoms with Gasteiger partial charge in [0.1, 0.15) is 6.42 Å². The van der Waals surface area contributed by atoms with E-state index in [0.29, 0.717) is 22.5 Å². The number of nitriles is 1. The number of aromatic nitrogens is 1. The van der Waals surface area contributed by atoms with Gasteiger partial charge in [0.15, 0.2) is 11.9 Å². The number of carbonyl (C=O) groups is 4. The standard InChI is InChI=1S/C21H21N3O5/c1-11-18(13(3)25)12(2)23-19(11)20(27)14(4)29-21(28)15-5-7-16(8-6-15)24-17(26)9-10-22/h5-8,14,23H,9H2,1-4H3,(H,24,26). The third-order valence-electron chi connectivity index (χ3n) is 4.33. The maximum Gasteiger partial charge on any atom is 0.338 e. The normalized spacial score (nSPS) is 11.3. The van der Waals surface area contributed by atoms with Crippen LogP contribution in [-0.4, -0.2) is 34.5 Å². The van der Waals surface area contributed by atoms with Crippen molar-refractivity contribution in [1.82, 2.24) is 4.98 Å². The monoisotopic (exact) mass is 395 g/mol. The van der Waals surface area contributed by atoms with E-state index in [2.05, 4.69) is 10.3 Å². The van der Waals surface area contributed by atoms with Gasteiger partial charge in [-0.1, -0.05) is 0 Å². The van der Waals surface area contributed by atoms with Crippen LogP contribution in [0, 0.1) is 25.2 Å². The smallest absolute Gasteiger partial charge is 0.338 e. The van der Waals surface area contributed by atoms with Crippen molar-refractivity contribution in [2.75, 3.05) is 5.32 Å². The molecular formula is C21H21N3O5. The van der Waals surface area contributed by atoms with E-state index in [1.54, 1.807) is 19.9 Å². The van der Waals surface area contributed by atoms with Gasteiger partial charge in [0.05, 0.1) is 17.3 Å². The third kappa shape index (κ3) is 4.96. The second-order valence-corrected chi connectivity index (χ2v) is 6.55. The number of carbonyl (C=O) groups excluding carboxylic acids is 4. The molecule has 8 nitrogen and oxygen atoms in total. The summed E-state index contributed by atoms with van der Waals surface area (Å²) in [5, 5.41) is 11.0. The molecule has 1 heterocycles. The molecule has 8 heteroatoms. The van der Waals surface area contributed by atoms with Crippen LogP contribution in [-0.2, 0) is 9.53 Å². The van der Waals surface area contributed by atoms with Crippen molar-refractivity contribution in [2.24, 2.45) is 0 Å². The maximum atomic E-state index is 12.7. The van der Waals surface area contributed by atoms with Crippen LogP contribution in [0.15, 0.2) is 24.3 Å². The fourth-order valence-electron chi connectivity index (χ4n) is 2.98. The predicted octanol–water partition coefficient (Wildman–Crippen LogP) is 3.11. The molecule has 0 radical (unpaired) electrons. The summed E-state index contributed by atoms with van der Waals surface area (Å²) in [6.45, 7) is 6.25. The Morgan fingerprint density at radius 2 is 1.79 bits per heavy atom. The second-order valence-electron chi connectivity index (χ2n) is 6.55.